The highest BCUT2D eigenvalue weighted by molar-refractivity contribution is 7.89. The molecule has 0 saturated carbocycles. The SMILES string of the molecule is N#CCCNC(=O)COC(=O)c1cccc(S(=O)(=O)N2CCCCC2)c1. The van der Waals surface area contributed by atoms with E-state index < -0.39 is 28.5 Å². The van der Waals surface area contributed by atoms with E-state index in [0.717, 1.165) is 19.3 Å². The molecule has 1 amide bonds. The highest BCUT2D eigenvalue weighted by atomic mass is 32.2. The number of sulfonamides is 1. The minimum Gasteiger partial charge on any atom is -0.452 e. The molecule has 1 fully saturated rings. The second-order valence-electron chi connectivity index (χ2n) is 5.83. The zero-order valence-electron chi connectivity index (χ0n) is 14.3. The Labute approximate surface area is 152 Å². The van der Waals surface area contributed by atoms with E-state index in [1.165, 1.54) is 28.6 Å². The number of piperidine rings is 1. The van der Waals surface area contributed by atoms with E-state index in [1.807, 2.05) is 6.07 Å². The molecule has 0 radical (unpaired) electrons. The second-order valence-corrected chi connectivity index (χ2v) is 7.76. The number of amides is 1. The first-order valence-corrected chi connectivity index (χ1v) is 9.80. The molecule has 1 aliphatic heterocycles. The van der Waals surface area contributed by atoms with E-state index >= 15 is 0 Å². The molecular weight excluding hydrogens is 358 g/mol. The van der Waals surface area contributed by atoms with Crippen molar-refractivity contribution < 1.29 is 22.7 Å². The third-order valence-electron chi connectivity index (χ3n) is 3.92. The number of benzene rings is 1. The van der Waals surface area contributed by atoms with E-state index in [4.69, 9.17) is 10.00 Å². The fraction of sp³-hybridized carbons (Fsp3) is 0.471. The van der Waals surface area contributed by atoms with Crippen molar-refractivity contribution in [3.05, 3.63) is 29.8 Å². The lowest BCUT2D eigenvalue weighted by atomic mass is 10.2. The Kier molecular flexibility index (Phi) is 7.12. The van der Waals surface area contributed by atoms with Gasteiger partial charge in [0.15, 0.2) is 6.61 Å². The summed E-state index contributed by atoms with van der Waals surface area (Å²) in [6.45, 7) is 0.629. The largest absolute Gasteiger partial charge is 0.452 e. The smallest absolute Gasteiger partial charge is 0.338 e. The van der Waals surface area contributed by atoms with Gasteiger partial charge >= 0.3 is 5.97 Å². The molecule has 0 spiro atoms. The van der Waals surface area contributed by atoms with Gasteiger partial charge in [-0.2, -0.15) is 9.57 Å². The molecule has 1 aromatic carbocycles. The van der Waals surface area contributed by atoms with Gasteiger partial charge in [-0.05, 0) is 31.0 Å². The molecule has 1 saturated heterocycles. The Morgan fingerprint density at radius 1 is 1.23 bits per heavy atom. The van der Waals surface area contributed by atoms with Crippen LogP contribution in [0.3, 0.4) is 0 Å². The fourth-order valence-electron chi connectivity index (χ4n) is 2.56. The summed E-state index contributed by atoms with van der Waals surface area (Å²) in [6.07, 6.45) is 2.81. The maximum atomic E-state index is 12.7. The van der Waals surface area contributed by atoms with Gasteiger partial charge in [0.1, 0.15) is 0 Å². The van der Waals surface area contributed by atoms with Crippen LogP contribution in [0.15, 0.2) is 29.2 Å². The Hall–Kier alpha value is -2.44. The molecule has 0 aliphatic carbocycles. The molecular formula is C17H21N3O5S. The summed E-state index contributed by atoms with van der Waals surface area (Å²) >= 11 is 0. The van der Waals surface area contributed by atoms with Crippen molar-refractivity contribution in [3.8, 4) is 6.07 Å². The van der Waals surface area contributed by atoms with Gasteiger partial charge in [-0.15, -0.1) is 0 Å². The lowest BCUT2D eigenvalue weighted by Gasteiger charge is -2.25. The van der Waals surface area contributed by atoms with Crippen LogP contribution >= 0.6 is 0 Å². The summed E-state index contributed by atoms with van der Waals surface area (Å²) in [7, 11) is -3.65. The van der Waals surface area contributed by atoms with E-state index in [-0.39, 0.29) is 23.4 Å². The first kappa shape index (κ1) is 19.9. The quantitative estimate of drug-likeness (QED) is 0.559. The molecule has 140 valence electrons. The number of nitrogens with one attached hydrogen (secondary N) is 1. The molecule has 1 aliphatic rings. The molecule has 8 nitrogen and oxygen atoms in total. The summed E-state index contributed by atoms with van der Waals surface area (Å²) in [5.41, 5.74) is 0.0629. The number of hydrogen-bond donors (Lipinski definition) is 1. The molecule has 0 unspecified atom stereocenters. The number of carbonyl (C=O) groups excluding carboxylic acids is 2. The molecule has 0 aromatic heterocycles. The number of rotatable bonds is 7. The van der Waals surface area contributed by atoms with Gasteiger partial charge in [0.2, 0.25) is 10.0 Å². The van der Waals surface area contributed by atoms with Crippen molar-refractivity contribution in [1.29, 1.82) is 5.26 Å². The van der Waals surface area contributed by atoms with Gasteiger partial charge in [-0.1, -0.05) is 12.5 Å². The van der Waals surface area contributed by atoms with Gasteiger partial charge in [-0.25, -0.2) is 13.2 Å². The van der Waals surface area contributed by atoms with Crippen LogP contribution in [0.25, 0.3) is 0 Å². The van der Waals surface area contributed by atoms with E-state index in [0.29, 0.717) is 13.1 Å². The highest BCUT2D eigenvalue weighted by Gasteiger charge is 2.26. The van der Waals surface area contributed by atoms with Crippen LogP contribution in [0.1, 0.15) is 36.0 Å². The molecule has 0 atom stereocenters. The molecule has 9 heteroatoms. The summed E-state index contributed by atoms with van der Waals surface area (Å²) < 4.78 is 31.6. The maximum Gasteiger partial charge on any atom is 0.338 e. The molecule has 26 heavy (non-hydrogen) atoms. The van der Waals surface area contributed by atoms with Crippen LogP contribution in [-0.4, -0.2) is 50.8 Å². The molecule has 2 rings (SSSR count). The Balaban J connectivity index is 2.00. The van der Waals surface area contributed by atoms with Crippen LogP contribution in [-0.2, 0) is 19.6 Å². The van der Waals surface area contributed by atoms with Gasteiger partial charge in [0.25, 0.3) is 5.91 Å². The lowest BCUT2D eigenvalue weighted by Crippen LogP contribution is -2.35. The fourth-order valence-corrected chi connectivity index (χ4v) is 4.12. The first-order valence-electron chi connectivity index (χ1n) is 8.36. The van der Waals surface area contributed by atoms with Crippen LogP contribution in [0, 0.1) is 11.3 Å². The molecule has 0 bridgehead atoms. The van der Waals surface area contributed by atoms with E-state index in [2.05, 4.69) is 5.32 Å². The van der Waals surface area contributed by atoms with E-state index in [1.54, 1.807) is 0 Å². The van der Waals surface area contributed by atoms with Crippen molar-refractivity contribution in [2.45, 2.75) is 30.6 Å². The van der Waals surface area contributed by atoms with Crippen molar-refractivity contribution in [2.75, 3.05) is 26.2 Å². The number of hydrogen-bond acceptors (Lipinski definition) is 6. The maximum absolute atomic E-state index is 12.7. The minimum atomic E-state index is -3.65. The number of carbonyl (C=O) groups is 2. The van der Waals surface area contributed by atoms with Crippen LogP contribution in [0.2, 0.25) is 0 Å². The van der Waals surface area contributed by atoms with Crippen LogP contribution in [0.4, 0.5) is 0 Å². The van der Waals surface area contributed by atoms with Gasteiger partial charge in [0, 0.05) is 19.6 Å². The normalized spacial score (nSPS) is 15.0. The summed E-state index contributed by atoms with van der Waals surface area (Å²) in [5, 5.41) is 10.8. The molecule has 1 aromatic rings. The van der Waals surface area contributed by atoms with Crippen LogP contribution in [0.5, 0.6) is 0 Å². The second kappa shape index (κ2) is 9.31. The zero-order valence-corrected chi connectivity index (χ0v) is 15.1. The summed E-state index contributed by atoms with van der Waals surface area (Å²) in [6, 6.07) is 7.49. The number of nitrogens with zero attached hydrogens (tertiary/aromatic N) is 2. The Morgan fingerprint density at radius 2 is 1.96 bits per heavy atom. The van der Waals surface area contributed by atoms with Crippen molar-refractivity contribution >= 4 is 21.9 Å². The monoisotopic (exact) mass is 379 g/mol. The minimum absolute atomic E-state index is 0.0346. The molecule has 1 N–H and O–H groups in total. The van der Waals surface area contributed by atoms with Gasteiger partial charge in [-0.3, -0.25) is 4.79 Å². The van der Waals surface area contributed by atoms with E-state index in [9.17, 15) is 18.0 Å². The Morgan fingerprint density at radius 3 is 2.65 bits per heavy atom. The highest BCUT2D eigenvalue weighted by Crippen LogP contribution is 2.21. The average Bonchev–Trinajstić information content (AvgIpc) is 2.67. The Bertz CT molecular complexity index is 795. The number of esters is 1. The number of nitriles is 1. The van der Waals surface area contributed by atoms with Gasteiger partial charge in [0.05, 0.1) is 22.9 Å². The topological polar surface area (TPSA) is 117 Å². The third kappa shape index (κ3) is 5.28. The van der Waals surface area contributed by atoms with Crippen LogP contribution < -0.4 is 5.32 Å². The third-order valence-corrected chi connectivity index (χ3v) is 5.81. The predicted molar refractivity (Wildman–Crippen MR) is 92.6 cm³/mol. The summed E-state index contributed by atoms with van der Waals surface area (Å²) in [5.74, 6) is -1.30. The summed E-state index contributed by atoms with van der Waals surface area (Å²) in [4.78, 5) is 23.6. The zero-order chi connectivity index (χ0) is 19.0. The van der Waals surface area contributed by atoms with Crippen molar-refractivity contribution in [2.24, 2.45) is 0 Å². The van der Waals surface area contributed by atoms with Crippen molar-refractivity contribution in [1.82, 2.24) is 9.62 Å². The van der Waals surface area contributed by atoms with Gasteiger partial charge < -0.3 is 10.1 Å². The standard InChI is InChI=1S/C17H21N3O5S/c18-8-5-9-19-16(21)13-25-17(22)14-6-4-7-15(12-14)26(23,24)20-10-2-1-3-11-20/h4,6-7,12H,1-3,5,9-11,13H2,(H,19,21). The number of ether oxygens (including phenoxy) is 1. The average molecular weight is 379 g/mol. The predicted octanol–water partition coefficient (Wildman–Crippen LogP) is 1.05. The molecule has 1 heterocycles. The lowest BCUT2D eigenvalue weighted by molar-refractivity contribution is -0.124. The van der Waals surface area contributed by atoms with Crippen molar-refractivity contribution in [3.63, 3.8) is 0 Å². The first-order chi connectivity index (χ1) is 12.4.